The average molecular weight is 410 g/mol. The number of carbonyl (C=O) groups is 1. The lowest BCUT2D eigenvalue weighted by Crippen LogP contribution is -2.87. The summed E-state index contributed by atoms with van der Waals surface area (Å²) in [7, 11) is 0. The molecule has 0 radical (unpaired) electrons. The van der Waals surface area contributed by atoms with Gasteiger partial charge in [0, 0.05) is 5.56 Å². The van der Waals surface area contributed by atoms with Gasteiger partial charge in [0.1, 0.15) is 6.04 Å². The number of hydrogen-bond acceptors (Lipinski definition) is 4. The van der Waals surface area contributed by atoms with Crippen LogP contribution in [-0.4, -0.2) is 19.2 Å². The normalized spacial score (nSPS) is 14.4. The van der Waals surface area contributed by atoms with Crippen molar-refractivity contribution >= 4 is 17.2 Å². The number of aryl methyl sites for hydroxylation is 1. The van der Waals surface area contributed by atoms with Crippen molar-refractivity contribution in [3.63, 3.8) is 0 Å². The molecule has 6 heteroatoms. The van der Waals surface area contributed by atoms with E-state index in [1.165, 1.54) is 16.0 Å². The highest BCUT2D eigenvalue weighted by Gasteiger charge is 2.21. The number of quaternary nitrogens is 1. The van der Waals surface area contributed by atoms with Crippen molar-refractivity contribution in [2.24, 2.45) is 0 Å². The lowest BCUT2D eigenvalue weighted by molar-refractivity contribution is -0.676. The Bertz CT molecular complexity index is 970. The second-order valence-corrected chi connectivity index (χ2v) is 8.22. The second-order valence-electron chi connectivity index (χ2n) is 7.25. The molecule has 0 saturated carbocycles. The van der Waals surface area contributed by atoms with Gasteiger partial charge in [-0.15, -0.1) is 11.3 Å². The summed E-state index contributed by atoms with van der Waals surface area (Å²) in [4.78, 5) is 13.9. The highest BCUT2D eigenvalue weighted by molar-refractivity contribution is 7.10. The van der Waals surface area contributed by atoms with Gasteiger partial charge in [-0.1, -0.05) is 42.0 Å². The Balaban J connectivity index is 1.39. The van der Waals surface area contributed by atoms with Crippen LogP contribution in [-0.2, 0) is 4.79 Å². The second kappa shape index (κ2) is 8.68. The van der Waals surface area contributed by atoms with E-state index in [4.69, 9.17) is 9.47 Å². The van der Waals surface area contributed by atoms with E-state index in [2.05, 4.69) is 59.3 Å². The molecule has 1 amide bonds. The quantitative estimate of drug-likeness (QED) is 0.629. The fourth-order valence-corrected chi connectivity index (χ4v) is 4.30. The number of carbonyl (C=O) groups excluding carboxylic acids is 1. The average Bonchev–Trinajstić information content (AvgIpc) is 3.40. The number of amides is 1. The van der Waals surface area contributed by atoms with Gasteiger partial charge in [0.05, 0.1) is 10.9 Å². The van der Waals surface area contributed by atoms with Crippen LogP contribution in [0.25, 0.3) is 0 Å². The lowest BCUT2D eigenvalue weighted by atomic mass is 10.0. The van der Waals surface area contributed by atoms with Crippen molar-refractivity contribution in [1.82, 2.24) is 5.32 Å². The van der Waals surface area contributed by atoms with E-state index in [1.54, 1.807) is 11.3 Å². The van der Waals surface area contributed by atoms with Gasteiger partial charge in [-0.25, -0.2) is 0 Å². The summed E-state index contributed by atoms with van der Waals surface area (Å²) in [6.07, 6.45) is 0. The van der Waals surface area contributed by atoms with Gasteiger partial charge in [0.15, 0.2) is 18.0 Å². The first kappa shape index (κ1) is 19.5. The molecule has 0 saturated heterocycles. The Morgan fingerprint density at radius 3 is 2.62 bits per heavy atom. The third-order valence-corrected chi connectivity index (χ3v) is 6.05. The molecule has 2 heterocycles. The van der Waals surface area contributed by atoms with Gasteiger partial charge in [-0.3, -0.25) is 4.79 Å². The van der Waals surface area contributed by atoms with Crippen molar-refractivity contribution in [3.8, 4) is 11.5 Å². The van der Waals surface area contributed by atoms with Crippen LogP contribution in [0.5, 0.6) is 11.5 Å². The van der Waals surface area contributed by atoms with E-state index in [0.717, 1.165) is 17.1 Å². The minimum Gasteiger partial charge on any atom is -0.454 e. The molecule has 0 unspecified atom stereocenters. The molecule has 150 valence electrons. The predicted octanol–water partition coefficient (Wildman–Crippen LogP) is 3.32. The number of rotatable bonds is 7. The number of nitrogens with one attached hydrogen (secondary N) is 1. The standard InChI is InChI=1S/C23H24N2O3S/c1-15-5-7-17(8-6-15)23(21-4-3-11-29-21)24-13-22(26)25-16(2)18-9-10-19-20(12-18)28-14-27-19/h3-12,16,23-24H,13-14H2,1-2H3,(H,25,26)/p+1/t16-,23-/m0/s1. The molecule has 5 nitrogen and oxygen atoms in total. The summed E-state index contributed by atoms with van der Waals surface area (Å²) >= 11 is 1.72. The smallest absolute Gasteiger partial charge is 0.275 e. The monoisotopic (exact) mass is 409 g/mol. The summed E-state index contributed by atoms with van der Waals surface area (Å²) in [6.45, 7) is 4.66. The van der Waals surface area contributed by atoms with Gasteiger partial charge in [0.25, 0.3) is 5.91 Å². The van der Waals surface area contributed by atoms with E-state index in [-0.39, 0.29) is 24.8 Å². The lowest BCUT2D eigenvalue weighted by Gasteiger charge is -2.17. The maximum atomic E-state index is 12.6. The minimum absolute atomic E-state index is 0.00355. The number of benzene rings is 2. The molecule has 0 bridgehead atoms. The molecule has 0 spiro atoms. The minimum atomic E-state index is -0.107. The maximum absolute atomic E-state index is 12.6. The number of thiophene rings is 1. The van der Waals surface area contributed by atoms with Crippen LogP contribution in [0.2, 0.25) is 0 Å². The molecule has 3 aromatic rings. The summed E-state index contributed by atoms with van der Waals surface area (Å²) in [5.74, 6) is 1.48. The first-order chi connectivity index (χ1) is 14.1. The summed E-state index contributed by atoms with van der Waals surface area (Å²) < 4.78 is 10.8. The molecule has 1 aliphatic rings. The van der Waals surface area contributed by atoms with Gasteiger partial charge in [-0.2, -0.15) is 0 Å². The van der Waals surface area contributed by atoms with Crippen LogP contribution >= 0.6 is 11.3 Å². The van der Waals surface area contributed by atoms with E-state index in [9.17, 15) is 4.79 Å². The largest absolute Gasteiger partial charge is 0.454 e. The Kier molecular flexibility index (Phi) is 5.83. The van der Waals surface area contributed by atoms with E-state index >= 15 is 0 Å². The van der Waals surface area contributed by atoms with Crippen LogP contribution in [0.15, 0.2) is 60.0 Å². The molecule has 4 rings (SSSR count). The van der Waals surface area contributed by atoms with Gasteiger partial charge in [0.2, 0.25) is 6.79 Å². The molecule has 0 aliphatic carbocycles. The number of nitrogens with two attached hydrogens (primary N) is 1. The van der Waals surface area contributed by atoms with E-state index in [1.807, 2.05) is 25.1 Å². The van der Waals surface area contributed by atoms with Crippen LogP contribution in [0.1, 0.15) is 40.6 Å². The van der Waals surface area contributed by atoms with Crippen molar-refractivity contribution in [3.05, 3.63) is 81.5 Å². The fraction of sp³-hybridized carbons (Fsp3) is 0.261. The Morgan fingerprint density at radius 1 is 1.10 bits per heavy atom. The zero-order valence-electron chi connectivity index (χ0n) is 16.6. The Morgan fingerprint density at radius 2 is 1.86 bits per heavy atom. The van der Waals surface area contributed by atoms with Gasteiger partial charge in [-0.05, 0) is 43.0 Å². The maximum Gasteiger partial charge on any atom is 0.275 e. The molecule has 2 aromatic carbocycles. The predicted molar refractivity (Wildman–Crippen MR) is 113 cm³/mol. The van der Waals surface area contributed by atoms with Crippen LogP contribution < -0.4 is 20.1 Å². The van der Waals surface area contributed by atoms with E-state index in [0.29, 0.717) is 6.54 Å². The highest BCUT2D eigenvalue weighted by Crippen LogP contribution is 2.34. The van der Waals surface area contributed by atoms with Crippen molar-refractivity contribution in [2.75, 3.05) is 13.3 Å². The molecule has 1 aromatic heterocycles. The third-order valence-electron chi connectivity index (χ3n) is 5.10. The summed E-state index contributed by atoms with van der Waals surface area (Å²) in [6, 6.07) is 18.5. The highest BCUT2D eigenvalue weighted by atomic mass is 32.1. The molecule has 0 fully saturated rings. The Hall–Kier alpha value is -2.83. The topological polar surface area (TPSA) is 64.2 Å². The molecular formula is C23H25N2O3S+. The summed E-state index contributed by atoms with van der Waals surface area (Å²) in [5.41, 5.74) is 3.43. The number of hydrogen-bond donors (Lipinski definition) is 2. The van der Waals surface area contributed by atoms with Crippen molar-refractivity contribution in [1.29, 1.82) is 0 Å². The molecular weight excluding hydrogens is 384 g/mol. The van der Waals surface area contributed by atoms with Crippen molar-refractivity contribution < 1.29 is 19.6 Å². The summed E-state index contributed by atoms with van der Waals surface area (Å²) in [5, 5.41) is 7.26. The van der Waals surface area contributed by atoms with Crippen LogP contribution in [0.4, 0.5) is 0 Å². The fourth-order valence-electron chi connectivity index (χ4n) is 3.45. The molecule has 1 aliphatic heterocycles. The first-order valence-electron chi connectivity index (χ1n) is 9.72. The zero-order chi connectivity index (χ0) is 20.2. The molecule has 2 atom stereocenters. The van der Waals surface area contributed by atoms with Crippen LogP contribution in [0.3, 0.4) is 0 Å². The number of ether oxygens (including phenoxy) is 2. The molecule has 3 N–H and O–H groups in total. The number of fused-ring (bicyclic) bond motifs is 1. The first-order valence-corrected chi connectivity index (χ1v) is 10.6. The zero-order valence-corrected chi connectivity index (χ0v) is 17.4. The Labute approximate surface area is 174 Å². The van der Waals surface area contributed by atoms with Crippen molar-refractivity contribution in [2.45, 2.75) is 25.9 Å². The third kappa shape index (κ3) is 4.60. The SMILES string of the molecule is Cc1ccc([C@H]([NH2+]CC(=O)N[C@@H](C)c2ccc3c(c2)OCO3)c2cccs2)cc1. The molecule has 29 heavy (non-hydrogen) atoms. The van der Waals surface area contributed by atoms with E-state index < -0.39 is 0 Å². The van der Waals surface area contributed by atoms with Gasteiger partial charge < -0.3 is 20.1 Å². The van der Waals surface area contributed by atoms with Gasteiger partial charge >= 0.3 is 0 Å². The van der Waals surface area contributed by atoms with Crippen LogP contribution in [0, 0.1) is 6.92 Å².